The molecule has 0 spiro atoms. The van der Waals surface area contributed by atoms with Gasteiger partial charge in [-0.3, -0.25) is 14.8 Å². The molecular weight excluding hydrogens is 551 g/mol. The maximum Gasteiger partial charge on any atom is 0.228 e. The van der Waals surface area contributed by atoms with Crippen LogP contribution in [0.25, 0.3) is 38.9 Å². The second-order valence-corrected chi connectivity index (χ2v) is 10.9. The molecule has 216 valence electrons. The zero-order valence-electron chi connectivity index (χ0n) is 24.0. The second kappa shape index (κ2) is 11.7. The molecule has 6 aromatic rings. The lowest BCUT2D eigenvalue weighted by atomic mass is 9.98. The summed E-state index contributed by atoms with van der Waals surface area (Å²) in [6.45, 7) is 2.70. The van der Waals surface area contributed by atoms with Crippen LogP contribution in [0.3, 0.4) is 0 Å². The summed E-state index contributed by atoms with van der Waals surface area (Å²) in [7, 11) is 0. The molecule has 7 nitrogen and oxygen atoms in total. The minimum absolute atomic E-state index is 0.0808. The highest BCUT2D eigenvalue weighted by Crippen LogP contribution is 2.34. The van der Waals surface area contributed by atoms with Gasteiger partial charge in [-0.2, -0.15) is 0 Å². The molecule has 0 saturated heterocycles. The van der Waals surface area contributed by atoms with Gasteiger partial charge in [0.25, 0.3) is 0 Å². The summed E-state index contributed by atoms with van der Waals surface area (Å²) in [5.41, 5.74) is 9.61. The number of H-pyrrole nitrogens is 1. The smallest absolute Gasteiger partial charge is 0.228 e. The Labute approximate surface area is 253 Å². The van der Waals surface area contributed by atoms with E-state index in [2.05, 4.69) is 39.7 Å². The van der Waals surface area contributed by atoms with Crippen LogP contribution in [0.5, 0.6) is 0 Å². The van der Waals surface area contributed by atoms with Gasteiger partial charge in [0.15, 0.2) is 0 Å². The molecule has 0 saturated carbocycles. The number of rotatable bonds is 6. The molecule has 8 heteroatoms. The van der Waals surface area contributed by atoms with Crippen molar-refractivity contribution in [3.63, 3.8) is 0 Å². The van der Waals surface area contributed by atoms with Crippen LogP contribution in [0.1, 0.15) is 29.6 Å². The summed E-state index contributed by atoms with van der Waals surface area (Å²) in [6, 6.07) is 26.2. The van der Waals surface area contributed by atoms with Crippen molar-refractivity contribution in [2.24, 2.45) is 0 Å². The molecule has 3 aromatic heterocycles. The molecule has 44 heavy (non-hydrogen) atoms. The van der Waals surface area contributed by atoms with Crippen LogP contribution in [-0.2, 0) is 17.8 Å². The van der Waals surface area contributed by atoms with Crippen molar-refractivity contribution >= 4 is 28.2 Å². The SMILES string of the molecule is CC1C=C(c2nc3c(-c4ccc(F)cc4)cccc3[nH]2)c2cc(-c3cncc(NC(=O)Cc4ccccc4)c3)cnc2CN1. The number of carbonyl (C=O) groups is 1. The summed E-state index contributed by atoms with van der Waals surface area (Å²) >= 11 is 0. The fraction of sp³-hybridized carbons (Fsp3) is 0.111. The summed E-state index contributed by atoms with van der Waals surface area (Å²) in [5.74, 6) is 0.347. The van der Waals surface area contributed by atoms with Crippen LogP contribution in [0.4, 0.5) is 10.1 Å². The molecule has 3 N–H and O–H groups in total. The molecule has 1 atom stereocenters. The summed E-state index contributed by atoms with van der Waals surface area (Å²) < 4.78 is 13.6. The number of hydrogen-bond acceptors (Lipinski definition) is 5. The van der Waals surface area contributed by atoms with E-state index in [1.54, 1.807) is 24.5 Å². The Kier molecular flexibility index (Phi) is 7.25. The van der Waals surface area contributed by atoms with E-state index in [1.165, 1.54) is 12.1 Å². The van der Waals surface area contributed by atoms with Crippen LogP contribution in [-0.4, -0.2) is 31.9 Å². The Bertz CT molecular complexity index is 2020. The van der Waals surface area contributed by atoms with Gasteiger partial charge in [0.2, 0.25) is 5.91 Å². The van der Waals surface area contributed by atoms with Crippen molar-refractivity contribution in [1.82, 2.24) is 25.3 Å². The van der Waals surface area contributed by atoms with E-state index < -0.39 is 0 Å². The fourth-order valence-electron chi connectivity index (χ4n) is 5.56. The quantitative estimate of drug-likeness (QED) is 0.199. The lowest BCUT2D eigenvalue weighted by Crippen LogP contribution is -2.22. The number of amides is 1. The van der Waals surface area contributed by atoms with Gasteiger partial charge in [0.1, 0.15) is 11.6 Å². The van der Waals surface area contributed by atoms with Crippen molar-refractivity contribution in [2.75, 3.05) is 5.32 Å². The topological polar surface area (TPSA) is 95.6 Å². The maximum atomic E-state index is 13.6. The molecule has 0 aliphatic carbocycles. The molecule has 4 heterocycles. The van der Waals surface area contributed by atoms with Crippen LogP contribution in [0.2, 0.25) is 0 Å². The Balaban J connectivity index is 1.23. The highest BCUT2D eigenvalue weighted by atomic mass is 19.1. The first-order valence-electron chi connectivity index (χ1n) is 14.5. The van der Waals surface area contributed by atoms with Crippen molar-refractivity contribution in [2.45, 2.75) is 25.9 Å². The van der Waals surface area contributed by atoms with Crippen molar-refractivity contribution in [3.8, 4) is 22.3 Å². The van der Waals surface area contributed by atoms with E-state index in [4.69, 9.17) is 9.97 Å². The number of nitrogens with zero attached hydrogens (tertiary/aromatic N) is 3. The summed E-state index contributed by atoms with van der Waals surface area (Å²) in [6.07, 6.45) is 7.70. The van der Waals surface area contributed by atoms with E-state index in [1.807, 2.05) is 60.8 Å². The first-order valence-corrected chi connectivity index (χ1v) is 14.5. The highest BCUT2D eigenvalue weighted by molar-refractivity contribution is 5.95. The average Bonchev–Trinajstić information content (AvgIpc) is 3.40. The number of para-hydroxylation sites is 1. The molecule has 1 unspecified atom stereocenters. The van der Waals surface area contributed by atoms with Crippen LogP contribution >= 0.6 is 0 Å². The van der Waals surface area contributed by atoms with Crippen LogP contribution in [0.15, 0.2) is 110 Å². The molecule has 0 fully saturated rings. The van der Waals surface area contributed by atoms with Gasteiger partial charge in [-0.05, 0) is 48.4 Å². The number of pyridine rings is 2. The number of imidazole rings is 1. The van der Waals surface area contributed by atoms with Gasteiger partial charge in [-0.1, -0.05) is 60.7 Å². The predicted octanol–water partition coefficient (Wildman–Crippen LogP) is 6.93. The van der Waals surface area contributed by atoms with Gasteiger partial charge < -0.3 is 15.6 Å². The number of aromatic nitrogens is 4. The normalized spacial score (nSPS) is 14.5. The molecular formula is C36H29FN6O. The number of fused-ring (bicyclic) bond motifs is 2. The zero-order valence-corrected chi connectivity index (χ0v) is 24.0. The van der Waals surface area contributed by atoms with E-state index in [9.17, 15) is 9.18 Å². The fourth-order valence-corrected chi connectivity index (χ4v) is 5.56. The third-order valence-electron chi connectivity index (χ3n) is 7.75. The Hall–Kier alpha value is -5.47. The van der Waals surface area contributed by atoms with Crippen molar-refractivity contribution < 1.29 is 9.18 Å². The zero-order chi connectivity index (χ0) is 30.0. The molecule has 1 aliphatic heterocycles. The number of anilines is 1. The lowest BCUT2D eigenvalue weighted by Gasteiger charge is -2.12. The largest absolute Gasteiger partial charge is 0.338 e. The molecule has 0 bridgehead atoms. The minimum Gasteiger partial charge on any atom is -0.338 e. The van der Waals surface area contributed by atoms with Gasteiger partial charge in [0, 0.05) is 52.8 Å². The molecule has 1 aliphatic rings. The van der Waals surface area contributed by atoms with Crippen LogP contribution < -0.4 is 10.6 Å². The molecule has 7 rings (SSSR count). The predicted molar refractivity (Wildman–Crippen MR) is 171 cm³/mol. The second-order valence-electron chi connectivity index (χ2n) is 10.9. The number of carbonyl (C=O) groups excluding carboxylic acids is 1. The molecule has 0 radical (unpaired) electrons. The summed E-state index contributed by atoms with van der Waals surface area (Å²) in [4.78, 5) is 30.5. The van der Waals surface area contributed by atoms with E-state index in [0.29, 0.717) is 12.2 Å². The first-order chi connectivity index (χ1) is 21.5. The van der Waals surface area contributed by atoms with Gasteiger partial charge in [-0.25, -0.2) is 9.37 Å². The Morgan fingerprint density at radius 2 is 1.73 bits per heavy atom. The number of hydrogen-bond donors (Lipinski definition) is 3. The van der Waals surface area contributed by atoms with Crippen LogP contribution in [0, 0.1) is 5.82 Å². The monoisotopic (exact) mass is 580 g/mol. The van der Waals surface area contributed by atoms with E-state index >= 15 is 0 Å². The lowest BCUT2D eigenvalue weighted by molar-refractivity contribution is -0.115. The Morgan fingerprint density at radius 3 is 2.57 bits per heavy atom. The van der Waals surface area contributed by atoms with E-state index in [0.717, 1.165) is 61.5 Å². The third kappa shape index (κ3) is 5.63. The minimum atomic E-state index is -0.274. The van der Waals surface area contributed by atoms with E-state index in [-0.39, 0.29) is 24.2 Å². The van der Waals surface area contributed by atoms with Crippen molar-refractivity contribution in [1.29, 1.82) is 0 Å². The maximum absolute atomic E-state index is 13.6. The third-order valence-corrected chi connectivity index (χ3v) is 7.75. The number of aromatic amines is 1. The van der Waals surface area contributed by atoms with Crippen molar-refractivity contribution in [3.05, 3.63) is 138 Å². The molecule has 3 aromatic carbocycles. The standard InChI is InChI=1S/C36H29FN6O/c1-22-14-31(36-42-32-9-5-8-29(35(32)43-36)24-10-12-27(37)13-11-24)30-17-26(19-40-33(30)21-39-22)25-16-28(20-38-18-25)41-34(44)15-23-6-3-2-4-7-23/h2-14,16-20,22,39H,15,21H2,1H3,(H,41,44)(H,42,43). The number of benzene rings is 3. The summed E-state index contributed by atoms with van der Waals surface area (Å²) in [5, 5.41) is 6.48. The Morgan fingerprint density at radius 1 is 0.909 bits per heavy atom. The number of nitrogens with one attached hydrogen (secondary N) is 3. The molecule has 1 amide bonds. The highest BCUT2D eigenvalue weighted by Gasteiger charge is 2.21. The van der Waals surface area contributed by atoms with Gasteiger partial charge in [-0.15, -0.1) is 0 Å². The number of halogens is 1. The van der Waals surface area contributed by atoms with Gasteiger partial charge >= 0.3 is 0 Å². The van der Waals surface area contributed by atoms with Gasteiger partial charge in [0.05, 0.1) is 35.0 Å². The average molecular weight is 581 g/mol. The first kappa shape index (κ1) is 27.4.